The van der Waals surface area contributed by atoms with Gasteiger partial charge in [-0.1, -0.05) is 84.9 Å². The van der Waals surface area contributed by atoms with Gasteiger partial charge < -0.3 is 9.13 Å². The van der Waals surface area contributed by atoms with Crippen LogP contribution in [0.3, 0.4) is 0 Å². The van der Waals surface area contributed by atoms with Crippen LogP contribution in [0.25, 0.3) is 77.2 Å². The first kappa shape index (κ1) is 28.8. The number of para-hydroxylation sites is 3. The minimum absolute atomic E-state index is 0.508. The van der Waals surface area contributed by atoms with Gasteiger partial charge in [-0.05, 0) is 83.4 Å². The molecule has 0 fully saturated rings. The van der Waals surface area contributed by atoms with Gasteiger partial charge in [0.2, 0.25) is 0 Å². The van der Waals surface area contributed by atoms with Crippen LogP contribution in [0, 0.1) is 34.0 Å². The number of rotatable bonds is 4. The molecule has 0 saturated carbocycles. The maximum Gasteiger partial charge on any atom is 0.101 e. The molecule has 0 saturated heterocycles. The number of hydrogen-bond acceptors (Lipinski definition) is 3. The lowest BCUT2D eigenvalue weighted by molar-refractivity contribution is 1.17. The van der Waals surface area contributed by atoms with E-state index in [9.17, 15) is 15.8 Å². The Balaban J connectivity index is 1.20. The molecule has 9 aromatic rings. The Morgan fingerprint density at radius 2 is 1.00 bits per heavy atom. The van der Waals surface area contributed by atoms with Crippen molar-refractivity contribution in [3.05, 3.63) is 168 Å². The van der Waals surface area contributed by atoms with Crippen molar-refractivity contribution in [2.75, 3.05) is 0 Å². The normalized spacial score (nSPS) is 11.1. The third-order valence-electron chi connectivity index (χ3n) is 9.62. The van der Waals surface area contributed by atoms with Gasteiger partial charge in [0.05, 0.1) is 56.6 Å². The Morgan fingerprint density at radius 3 is 1.72 bits per heavy atom. The van der Waals surface area contributed by atoms with Crippen molar-refractivity contribution in [3.63, 3.8) is 0 Å². The zero-order chi connectivity index (χ0) is 33.8. The average Bonchev–Trinajstić information content (AvgIpc) is 3.69. The summed E-state index contributed by atoms with van der Waals surface area (Å²) in [5.41, 5.74) is 11.4. The largest absolute Gasteiger partial charge is 0.309 e. The topological polar surface area (TPSA) is 81.2 Å². The molecule has 7 aromatic carbocycles. The highest BCUT2D eigenvalue weighted by Gasteiger charge is 2.20. The summed E-state index contributed by atoms with van der Waals surface area (Å²) in [7, 11) is 0. The van der Waals surface area contributed by atoms with E-state index < -0.39 is 0 Å². The summed E-state index contributed by atoms with van der Waals surface area (Å²) >= 11 is 0. The van der Waals surface area contributed by atoms with Gasteiger partial charge in [0.1, 0.15) is 6.07 Å². The van der Waals surface area contributed by atoms with Gasteiger partial charge in [0.15, 0.2) is 0 Å². The van der Waals surface area contributed by atoms with E-state index in [1.807, 2.05) is 48.5 Å². The summed E-state index contributed by atoms with van der Waals surface area (Å²) in [6.45, 7) is 0. The van der Waals surface area contributed by atoms with E-state index in [2.05, 4.69) is 118 Å². The number of hydrogen-bond donors (Lipinski definition) is 0. The van der Waals surface area contributed by atoms with Crippen molar-refractivity contribution in [3.8, 4) is 51.8 Å². The van der Waals surface area contributed by atoms with Crippen LogP contribution >= 0.6 is 0 Å². The maximum atomic E-state index is 10.4. The van der Waals surface area contributed by atoms with Crippen molar-refractivity contribution in [1.29, 1.82) is 15.8 Å². The monoisotopic (exact) mass is 635 g/mol. The molecular weight excluding hydrogens is 611 g/mol. The van der Waals surface area contributed by atoms with Crippen molar-refractivity contribution >= 4 is 43.6 Å². The Bertz CT molecular complexity index is 2900. The Labute approximate surface area is 287 Å². The number of fused-ring (bicyclic) bond motifs is 6. The molecule has 0 atom stereocenters. The van der Waals surface area contributed by atoms with E-state index >= 15 is 0 Å². The highest BCUT2D eigenvalue weighted by atomic mass is 15.0. The summed E-state index contributed by atoms with van der Waals surface area (Å²) in [5, 5.41) is 34.1. The third kappa shape index (κ3) is 4.38. The molecule has 0 bridgehead atoms. The molecule has 50 heavy (non-hydrogen) atoms. The van der Waals surface area contributed by atoms with Crippen LogP contribution in [0.5, 0.6) is 0 Å². The number of benzene rings is 7. The molecule has 5 heteroatoms. The van der Waals surface area contributed by atoms with Crippen molar-refractivity contribution in [2.45, 2.75) is 0 Å². The standard InChI is InChI=1S/C45H25N5/c46-26-29-16-22-43-40(23-29)39-21-15-30(27-47)24-44(39)50(43)45-34(28-48)9-6-12-36(45)33-8-5-7-32(25-33)31-17-19-35(20-18-31)49-41-13-3-1-10-37(41)38-11-2-4-14-42(38)49/h1-25H. The van der Waals surface area contributed by atoms with Crippen LogP contribution in [-0.2, 0) is 0 Å². The van der Waals surface area contributed by atoms with E-state index in [0.29, 0.717) is 16.7 Å². The number of aromatic nitrogens is 2. The van der Waals surface area contributed by atoms with Gasteiger partial charge in [-0.3, -0.25) is 0 Å². The minimum Gasteiger partial charge on any atom is -0.309 e. The number of nitriles is 3. The molecular formula is C45H25N5. The molecule has 2 heterocycles. The minimum atomic E-state index is 0.508. The first-order valence-corrected chi connectivity index (χ1v) is 16.3. The predicted molar refractivity (Wildman–Crippen MR) is 200 cm³/mol. The number of nitrogens with zero attached hydrogens (tertiary/aromatic N) is 5. The highest BCUT2D eigenvalue weighted by Crippen LogP contribution is 2.40. The van der Waals surface area contributed by atoms with Crippen LogP contribution in [-0.4, -0.2) is 9.13 Å². The molecule has 0 radical (unpaired) electrons. The van der Waals surface area contributed by atoms with E-state index in [1.54, 1.807) is 12.1 Å². The van der Waals surface area contributed by atoms with E-state index in [1.165, 1.54) is 21.8 Å². The quantitative estimate of drug-likeness (QED) is 0.193. The first-order valence-electron chi connectivity index (χ1n) is 16.3. The van der Waals surface area contributed by atoms with Crippen molar-refractivity contribution < 1.29 is 0 Å². The van der Waals surface area contributed by atoms with Gasteiger partial charge in [-0.15, -0.1) is 0 Å². The lowest BCUT2D eigenvalue weighted by atomic mass is 9.96. The lowest BCUT2D eigenvalue weighted by Gasteiger charge is -2.17. The summed E-state index contributed by atoms with van der Waals surface area (Å²) in [4.78, 5) is 0. The van der Waals surface area contributed by atoms with Crippen molar-refractivity contribution in [1.82, 2.24) is 9.13 Å². The Hall–Kier alpha value is -7.39. The summed E-state index contributed by atoms with van der Waals surface area (Å²) < 4.78 is 4.38. The Kier molecular flexibility index (Phi) is 6.56. The van der Waals surface area contributed by atoms with Crippen molar-refractivity contribution in [2.24, 2.45) is 0 Å². The molecule has 0 amide bonds. The fourth-order valence-electron chi connectivity index (χ4n) is 7.38. The molecule has 5 nitrogen and oxygen atoms in total. The van der Waals surface area contributed by atoms with E-state index in [4.69, 9.17) is 0 Å². The molecule has 0 aliphatic carbocycles. The molecule has 0 N–H and O–H groups in total. The predicted octanol–water partition coefficient (Wildman–Crippen LogP) is 10.8. The van der Waals surface area contributed by atoms with Crippen LogP contribution in [0.1, 0.15) is 16.7 Å². The molecule has 0 aliphatic rings. The van der Waals surface area contributed by atoms with Gasteiger partial charge >= 0.3 is 0 Å². The van der Waals surface area contributed by atoms with Gasteiger partial charge in [0.25, 0.3) is 0 Å². The second kappa shape index (κ2) is 11.4. The second-order valence-electron chi connectivity index (χ2n) is 12.3. The van der Waals surface area contributed by atoms with Gasteiger partial charge in [-0.2, -0.15) is 15.8 Å². The fraction of sp³-hybridized carbons (Fsp3) is 0. The Morgan fingerprint density at radius 1 is 0.380 bits per heavy atom. The molecule has 0 aliphatic heterocycles. The summed E-state index contributed by atoms with van der Waals surface area (Å²) in [5.74, 6) is 0. The SMILES string of the molecule is N#Cc1ccc2c(c1)c1ccc(C#N)cc1n2-c1c(C#N)cccc1-c1cccc(-c2ccc(-n3c4ccccc4c4ccccc43)cc2)c1. The molecule has 0 unspecified atom stereocenters. The zero-order valence-corrected chi connectivity index (χ0v) is 26.7. The maximum absolute atomic E-state index is 10.4. The fourth-order valence-corrected chi connectivity index (χ4v) is 7.38. The molecule has 0 spiro atoms. The van der Waals surface area contributed by atoms with Gasteiger partial charge in [0, 0.05) is 32.8 Å². The van der Waals surface area contributed by atoms with Crippen LogP contribution < -0.4 is 0 Å². The van der Waals surface area contributed by atoms with Crippen LogP contribution in [0.2, 0.25) is 0 Å². The van der Waals surface area contributed by atoms with Gasteiger partial charge in [-0.25, -0.2) is 0 Å². The molecule has 230 valence electrons. The van der Waals surface area contributed by atoms with E-state index in [-0.39, 0.29) is 0 Å². The average molecular weight is 636 g/mol. The second-order valence-corrected chi connectivity index (χ2v) is 12.3. The summed E-state index contributed by atoms with van der Waals surface area (Å²) in [6.07, 6.45) is 0. The molecule has 2 aromatic heterocycles. The van der Waals surface area contributed by atoms with Crippen LogP contribution in [0.4, 0.5) is 0 Å². The third-order valence-corrected chi connectivity index (χ3v) is 9.62. The summed E-state index contributed by atoms with van der Waals surface area (Å²) in [6, 6.07) is 57.9. The smallest absolute Gasteiger partial charge is 0.101 e. The van der Waals surface area contributed by atoms with E-state index in [0.717, 1.165) is 55.4 Å². The zero-order valence-electron chi connectivity index (χ0n) is 26.7. The van der Waals surface area contributed by atoms with Crippen LogP contribution in [0.15, 0.2) is 152 Å². The highest BCUT2D eigenvalue weighted by molar-refractivity contribution is 6.11. The first-order chi connectivity index (χ1) is 24.7. The lowest BCUT2D eigenvalue weighted by Crippen LogP contribution is -2.01. The molecule has 9 rings (SSSR count).